The van der Waals surface area contributed by atoms with Gasteiger partial charge in [0.05, 0.1) is 12.7 Å². The van der Waals surface area contributed by atoms with Crippen molar-refractivity contribution in [1.29, 1.82) is 0 Å². The SMILES string of the molecule is COc1cc(-c2c(F)c(F)nc(F)c2F)cc(F)c1F. The lowest BCUT2D eigenvalue weighted by Crippen LogP contribution is -2.04. The van der Waals surface area contributed by atoms with Crippen molar-refractivity contribution in [1.82, 2.24) is 4.98 Å². The van der Waals surface area contributed by atoms with E-state index >= 15 is 0 Å². The van der Waals surface area contributed by atoms with Gasteiger partial charge >= 0.3 is 0 Å². The number of hydrogen-bond acceptors (Lipinski definition) is 2. The molecule has 0 unspecified atom stereocenters. The van der Waals surface area contributed by atoms with Gasteiger partial charge in [0.15, 0.2) is 23.2 Å². The molecule has 0 atom stereocenters. The van der Waals surface area contributed by atoms with Gasteiger partial charge in [-0.2, -0.15) is 18.2 Å². The summed E-state index contributed by atoms with van der Waals surface area (Å²) >= 11 is 0. The Bertz CT molecular complexity index is 662. The minimum atomic E-state index is -1.90. The maximum Gasteiger partial charge on any atom is 0.252 e. The highest BCUT2D eigenvalue weighted by Crippen LogP contribution is 2.33. The van der Waals surface area contributed by atoms with Crippen LogP contribution in [0.15, 0.2) is 12.1 Å². The molecule has 0 aliphatic carbocycles. The summed E-state index contributed by atoms with van der Waals surface area (Å²) in [5, 5.41) is 0. The Morgan fingerprint density at radius 2 is 1.40 bits per heavy atom. The number of ether oxygens (including phenoxy) is 1. The van der Waals surface area contributed by atoms with Crippen LogP contribution in [-0.2, 0) is 0 Å². The Morgan fingerprint density at radius 3 is 1.90 bits per heavy atom. The van der Waals surface area contributed by atoms with Crippen LogP contribution in [0.25, 0.3) is 11.1 Å². The molecule has 0 amide bonds. The Balaban J connectivity index is 2.78. The zero-order valence-electron chi connectivity index (χ0n) is 9.78. The van der Waals surface area contributed by atoms with Gasteiger partial charge in [-0.05, 0) is 17.7 Å². The molecule has 0 fully saturated rings. The second kappa shape index (κ2) is 5.03. The number of halogens is 6. The zero-order valence-corrected chi connectivity index (χ0v) is 9.78. The fraction of sp³-hybridized carbons (Fsp3) is 0.0833. The summed E-state index contributed by atoms with van der Waals surface area (Å²) in [4.78, 5) is 2.36. The smallest absolute Gasteiger partial charge is 0.252 e. The summed E-state index contributed by atoms with van der Waals surface area (Å²) in [6.45, 7) is 0. The number of hydrogen-bond donors (Lipinski definition) is 0. The van der Waals surface area contributed by atoms with Crippen LogP contribution in [0.2, 0.25) is 0 Å². The van der Waals surface area contributed by atoms with Gasteiger partial charge in [-0.15, -0.1) is 0 Å². The molecule has 1 aromatic carbocycles. The van der Waals surface area contributed by atoms with Crippen LogP contribution in [0.4, 0.5) is 26.3 Å². The van der Waals surface area contributed by atoms with Crippen LogP contribution < -0.4 is 4.74 Å². The third-order valence-electron chi connectivity index (χ3n) is 2.50. The highest BCUT2D eigenvalue weighted by molar-refractivity contribution is 5.66. The summed E-state index contributed by atoms with van der Waals surface area (Å²) in [6, 6.07) is 1.09. The van der Waals surface area contributed by atoms with E-state index in [1.807, 2.05) is 0 Å². The summed E-state index contributed by atoms with van der Waals surface area (Å²) in [5.74, 6) is -11.0. The molecule has 106 valence electrons. The molecule has 0 N–H and O–H groups in total. The first-order valence-corrected chi connectivity index (χ1v) is 5.10. The molecule has 0 spiro atoms. The van der Waals surface area contributed by atoms with Crippen LogP contribution in [0, 0.1) is 35.2 Å². The maximum atomic E-state index is 13.5. The molecule has 0 saturated heterocycles. The van der Waals surface area contributed by atoms with Gasteiger partial charge in [0, 0.05) is 0 Å². The topological polar surface area (TPSA) is 22.1 Å². The summed E-state index contributed by atoms with van der Waals surface area (Å²) < 4.78 is 83.9. The molecule has 8 heteroatoms. The van der Waals surface area contributed by atoms with E-state index in [1.54, 1.807) is 0 Å². The minimum absolute atomic E-state index is 0.387. The van der Waals surface area contributed by atoms with Gasteiger partial charge in [0.25, 0.3) is 11.9 Å². The maximum absolute atomic E-state index is 13.5. The standard InChI is InChI=1S/C12H5F6NO/c1-20-6-3-4(2-5(13)8(6)14)7-9(15)11(17)19-12(18)10(7)16/h2-3H,1H3. The highest BCUT2D eigenvalue weighted by atomic mass is 19.2. The second-order valence-electron chi connectivity index (χ2n) is 3.67. The predicted octanol–water partition coefficient (Wildman–Crippen LogP) is 3.59. The molecule has 1 aromatic heterocycles. The quantitative estimate of drug-likeness (QED) is 0.623. The fourth-order valence-corrected chi connectivity index (χ4v) is 1.60. The number of methoxy groups -OCH3 is 1. The Kier molecular flexibility index (Phi) is 3.56. The molecule has 0 bridgehead atoms. The molecule has 2 rings (SSSR count). The van der Waals surface area contributed by atoms with E-state index in [4.69, 9.17) is 0 Å². The zero-order chi connectivity index (χ0) is 15.0. The molecule has 0 aliphatic heterocycles. The van der Waals surface area contributed by atoms with Gasteiger partial charge in [0.1, 0.15) is 0 Å². The van der Waals surface area contributed by atoms with Crippen LogP contribution in [0.5, 0.6) is 5.75 Å². The van der Waals surface area contributed by atoms with E-state index in [-0.39, 0.29) is 0 Å². The first-order chi connectivity index (χ1) is 9.36. The normalized spacial score (nSPS) is 10.8. The molecular formula is C12H5F6NO. The second-order valence-corrected chi connectivity index (χ2v) is 3.67. The van der Waals surface area contributed by atoms with Crippen molar-refractivity contribution in [3.63, 3.8) is 0 Å². The van der Waals surface area contributed by atoms with Gasteiger partial charge in [-0.25, -0.2) is 13.2 Å². The van der Waals surface area contributed by atoms with E-state index in [1.165, 1.54) is 0 Å². The van der Waals surface area contributed by atoms with Crippen LogP contribution in [0.3, 0.4) is 0 Å². The van der Waals surface area contributed by atoms with Gasteiger partial charge in [-0.1, -0.05) is 0 Å². The molecule has 20 heavy (non-hydrogen) atoms. The molecule has 0 aliphatic rings. The summed E-state index contributed by atoms with van der Waals surface area (Å²) in [7, 11) is 0.988. The average Bonchev–Trinajstić information content (AvgIpc) is 2.40. The van der Waals surface area contributed by atoms with Gasteiger partial charge < -0.3 is 4.74 Å². The Labute approximate surface area is 108 Å². The minimum Gasteiger partial charge on any atom is -0.494 e. The highest BCUT2D eigenvalue weighted by Gasteiger charge is 2.24. The van der Waals surface area contributed by atoms with E-state index in [2.05, 4.69) is 9.72 Å². The lowest BCUT2D eigenvalue weighted by atomic mass is 10.0. The van der Waals surface area contributed by atoms with E-state index < -0.39 is 52.0 Å². The third-order valence-corrected chi connectivity index (χ3v) is 2.50. The lowest BCUT2D eigenvalue weighted by molar-refractivity contribution is 0.372. The first-order valence-electron chi connectivity index (χ1n) is 5.10. The number of nitrogens with zero attached hydrogens (tertiary/aromatic N) is 1. The Hall–Kier alpha value is -2.25. The number of pyridine rings is 1. The fourth-order valence-electron chi connectivity index (χ4n) is 1.60. The van der Waals surface area contributed by atoms with Crippen molar-refractivity contribution in [3.05, 3.63) is 47.3 Å². The van der Waals surface area contributed by atoms with Crippen LogP contribution in [-0.4, -0.2) is 12.1 Å². The van der Waals surface area contributed by atoms with Gasteiger partial charge in [-0.3, -0.25) is 0 Å². The van der Waals surface area contributed by atoms with E-state index in [0.717, 1.165) is 7.11 Å². The first kappa shape index (κ1) is 14.2. The van der Waals surface area contributed by atoms with E-state index in [0.29, 0.717) is 12.1 Å². The van der Waals surface area contributed by atoms with Crippen molar-refractivity contribution in [3.8, 4) is 16.9 Å². The van der Waals surface area contributed by atoms with Crippen molar-refractivity contribution in [2.45, 2.75) is 0 Å². The monoisotopic (exact) mass is 293 g/mol. The Morgan fingerprint density at radius 1 is 0.850 bits per heavy atom. The molecule has 2 aromatic rings. The average molecular weight is 293 g/mol. The van der Waals surface area contributed by atoms with Crippen molar-refractivity contribution in [2.75, 3.05) is 7.11 Å². The molecule has 1 heterocycles. The largest absolute Gasteiger partial charge is 0.494 e. The van der Waals surface area contributed by atoms with Crippen molar-refractivity contribution < 1.29 is 31.1 Å². The van der Waals surface area contributed by atoms with Crippen molar-refractivity contribution >= 4 is 0 Å². The van der Waals surface area contributed by atoms with Crippen molar-refractivity contribution in [2.24, 2.45) is 0 Å². The number of rotatable bonds is 2. The lowest BCUT2D eigenvalue weighted by Gasteiger charge is -2.09. The molecule has 0 radical (unpaired) electrons. The van der Waals surface area contributed by atoms with Gasteiger partial charge in [0.2, 0.25) is 5.82 Å². The predicted molar refractivity (Wildman–Crippen MR) is 56.0 cm³/mol. The molecule has 2 nitrogen and oxygen atoms in total. The third kappa shape index (κ3) is 2.17. The summed E-state index contributed by atoms with van der Waals surface area (Å²) in [5.41, 5.74) is -1.83. The number of benzene rings is 1. The summed E-state index contributed by atoms with van der Waals surface area (Å²) in [6.07, 6.45) is 0. The van der Waals surface area contributed by atoms with E-state index in [9.17, 15) is 26.3 Å². The van der Waals surface area contributed by atoms with Crippen LogP contribution >= 0.6 is 0 Å². The number of aromatic nitrogens is 1. The molecule has 0 saturated carbocycles. The molecular weight excluding hydrogens is 288 g/mol. The van der Waals surface area contributed by atoms with Crippen LogP contribution in [0.1, 0.15) is 0 Å².